The zero-order valence-electron chi connectivity index (χ0n) is 15.8. The van der Waals surface area contributed by atoms with Gasteiger partial charge in [0.2, 0.25) is 5.95 Å². The zero-order valence-corrected chi connectivity index (χ0v) is 15.8. The maximum absolute atomic E-state index is 11.6. The smallest absolute Gasteiger partial charge is 0.339 e. The lowest BCUT2D eigenvalue weighted by Crippen LogP contribution is -2.29. The van der Waals surface area contributed by atoms with Crippen LogP contribution in [0.3, 0.4) is 0 Å². The number of aromatic nitrogens is 2. The van der Waals surface area contributed by atoms with Gasteiger partial charge in [-0.1, -0.05) is 38.1 Å². The first-order chi connectivity index (χ1) is 12.5. The molecule has 0 bridgehead atoms. The molecule has 0 amide bonds. The standard InChI is InChI=1S/C21H27N3O2/c1-14(2)17-9-6-16(7-10-17)8-11-19-18(20(25)26)13-22-21(23-19)24-12-4-5-15(24)3/h6-7,9-10,13-15H,4-5,8,11-12H2,1-3H3,(H,25,26)/t15-/m0/s1. The van der Waals surface area contributed by atoms with Crippen LogP contribution in [0.1, 0.15) is 66.7 Å². The van der Waals surface area contributed by atoms with Gasteiger partial charge in [0.1, 0.15) is 0 Å². The summed E-state index contributed by atoms with van der Waals surface area (Å²) in [6, 6.07) is 8.95. The van der Waals surface area contributed by atoms with Crippen molar-refractivity contribution in [2.45, 2.75) is 58.4 Å². The second-order valence-electron chi connectivity index (χ2n) is 7.42. The highest BCUT2D eigenvalue weighted by Gasteiger charge is 2.24. The van der Waals surface area contributed by atoms with Gasteiger partial charge in [-0.25, -0.2) is 14.8 Å². The molecule has 26 heavy (non-hydrogen) atoms. The molecule has 1 saturated heterocycles. The number of rotatable bonds is 6. The highest BCUT2D eigenvalue weighted by molar-refractivity contribution is 5.88. The first kappa shape index (κ1) is 18.4. The molecule has 1 aliphatic rings. The van der Waals surface area contributed by atoms with Crippen molar-refractivity contribution < 1.29 is 9.90 Å². The molecule has 3 rings (SSSR count). The van der Waals surface area contributed by atoms with E-state index in [1.807, 2.05) is 0 Å². The summed E-state index contributed by atoms with van der Waals surface area (Å²) in [5.41, 5.74) is 3.33. The molecular formula is C21H27N3O2. The van der Waals surface area contributed by atoms with Gasteiger partial charge in [0.05, 0.1) is 11.3 Å². The molecule has 1 atom stereocenters. The van der Waals surface area contributed by atoms with Gasteiger partial charge in [0.25, 0.3) is 0 Å². The molecule has 0 spiro atoms. The Bertz CT molecular complexity index is 771. The van der Waals surface area contributed by atoms with E-state index in [4.69, 9.17) is 0 Å². The third kappa shape index (κ3) is 4.03. The Morgan fingerprint density at radius 1 is 1.27 bits per heavy atom. The largest absolute Gasteiger partial charge is 0.478 e. The van der Waals surface area contributed by atoms with E-state index in [0.717, 1.165) is 25.8 Å². The normalized spacial score (nSPS) is 17.1. The van der Waals surface area contributed by atoms with Gasteiger partial charge in [0.15, 0.2) is 0 Å². The average Bonchev–Trinajstić information content (AvgIpc) is 3.06. The number of anilines is 1. The van der Waals surface area contributed by atoms with Crippen molar-refractivity contribution in [2.24, 2.45) is 0 Å². The lowest BCUT2D eigenvalue weighted by Gasteiger charge is -2.22. The number of aryl methyl sites for hydroxylation is 2. The SMILES string of the molecule is CC(C)c1ccc(CCc2nc(N3CCC[C@@H]3C)ncc2C(=O)O)cc1. The summed E-state index contributed by atoms with van der Waals surface area (Å²) in [4.78, 5) is 22.7. The predicted molar refractivity (Wildman–Crippen MR) is 103 cm³/mol. The monoisotopic (exact) mass is 353 g/mol. The fraction of sp³-hybridized carbons (Fsp3) is 0.476. The van der Waals surface area contributed by atoms with Crippen LogP contribution in [0.4, 0.5) is 5.95 Å². The van der Waals surface area contributed by atoms with Crippen LogP contribution in [0.5, 0.6) is 0 Å². The number of nitrogens with zero attached hydrogens (tertiary/aromatic N) is 3. The van der Waals surface area contributed by atoms with Crippen LogP contribution in [0, 0.1) is 0 Å². The molecule has 0 radical (unpaired) electrons. The van der Waals surface area contributed by atoms with Crippen LogP contribution in [0.25, 0.3) is 0 Å². The molecule has 0 unspecified atom stereocenters. The molecule has 1 aliphatic heterocycles. The van der Waals surface area contributed by atoms with Gasteiger partial charge in [0, 0.05) is 18.8 Å². The number of carboxylic acids is 1. The number of carbonyl (C=O) groups is 1. The number of benzene rings is 1. The van der Waals surface area contributed by atoms with Crippen LogP contribution < -0.4 is 4.90 Å². The van der Waals surface area contributed by atoms with E-state index in [1.165, 1.54) is 17.3 Å². The van der Waals surface area contributed by atoms with Crippen LogP contribution >= 0.6 is 0 Å². The summed E-state index contributed by atoms with van der Waals surface area (Å²) < 4.78 is 0. The molecule has 1 aromatic heterocycles. The Labute approximate surface area is 155 Å². The zero-order chi connectivity index (χ0) is 18.7. The van der Waals surface area contributed by atoms with Gasteiger partial charge in [-0.3, -0.25) is 0 Å². The fourth-order valence-electron chi connectivity index (χ4n) is 3.48. The van der Waals surface area contributed by atoms with E-state index in [0.29, 0.717) is 30.0 Å². The van der Waals surface area contributed by atoms with Crippen LogP contribution in [-0.2, 0) is 12.8 Å². The summed E-state index contributed by atoms with van der Waals surface area (Å²) in [6.07, 6.45) is 5.09. The molecule has 1 aromatic carbocycles. The number of hydrogen-bond acceptors (Lipinski definition) is 4. The van der Waals surface area contributed by atoms with Crippen molar-refractivity contribution in [2.75, 3.05) is 11.4 Å². The second kappa shape index (κ2) is 7.85. The van der Waals surface area contributed by atoms with Crippen molar-refractivity contribution in [1.29, 1.82) is 0 Å². The highest BCUT2D eigenvalue weighted by atomic mass is 16.4. The lowest BCUT2D eigenvalue weighted by atomic mass is 9.99. The van der Waals surface area contributed by atoms with Gasteiger partial charge in [-0.05, 0) is 49.7 Å². The quantitative estimate of drug-likeness (QED) is 0.848. The van der Waals surface area contributed by atoms with Gasteiger partial charge >= 0.3 is 5.97 Å². The van der Waals surface area contributed by atoms with Gasteiger partial charge in [-0.15, -0.1) is 0 Å². The van der Waals surface area contributed by atoms with Crippen molar-refractivity contribution in [3.63, 3.8) is 0 Å². The van der Waals surface area contributed by atoms with Crippen molar-refractivity contribution >= 4 is 11.9 Å². The Balaban J connectivity index is 1.79. The molecule has 2 aromatic rings. The summed E-state index contributed by atoms with van der Waals surface area (Å²) in [6.45, 7) is 7.45. The second-order valence-corrected chi connectivity index (χ2v) is 7.42. The van der Waals surface area contributed by atoms with Crippen LogP contribution in [0.2, 0.25) is 0 Å². The Morgan fingerprint density at radius 3 is 2.58 bits per heavy atom. The Morgan fingerprint density at radius 2 is 2.00 bits per heavy atom. The van der Waals surface area contributed by atoms with Crippen LogP contribution in [-0.4, -0.2) is 33.6 Å². The average molecular weight is 353 g/mol. The Hall–Kier alpha value is -2.43. The van der Waals surface area contributed by atoms with Crippen molar-refractivity contribution in [3.05, 3.63) is 52.8 Å². The maximum Gasteiger partial charge on any atom is 0.339 e. The molecule has 1 fully saturated rings. The predicted octanol–water partition coefficient (Wildman–Crippen LogP) is 4.07. The summed E-state index contributed by atoms with van der Waals surface area (Å²) in [5.74, 6) is 0.205. The van der Waals surface area contributed by atoms with Crippen LogP contribution in [0.15, 0.2) is 30.5 Å². The number of hydrogen-bond donors (Lipinski definition) is 1. The minimum Gasteiger partial charge on any atom is -0.478 e. The molecule has 2 heterocycles. The van der Waals surface area contributed by atoms with Gasteiger partial charge < -0.3 is 10.0 Å². The Kier molecular flexibility index (Phi) is 5.55. The summed E-state index contributed by atoms with van der Waals surface area (Å²) in [5, 5.41) is 9.47. The molecule has 0 saturated carbocycles. The lowest BCUT2D eigenvalue weighted by molar-refractivity contribution is 0.0694. The summed E-state index contributed by atoms with van der Waals surface area (Å²) in [7, 11) is 0. The maximum atomic E-state index is 11.6. The minimum atomic E-state index is -0.962. The van der Waals surface area contributed by atoms with Crippen molar-refractivity contribution in [1.82, 2.24) is 9.97 Å². The van der Waals surface area contributed by atoms with E-state index >= 15 is 0 Å². The summed E-state index contributed by atoms with van der Waals surface area (Å²) >= 11 is 0. The van der Waals surface area contributed by atoms with Gasteiger partial charge in [-0.2, -0.15) is 0 Å². The topological polar surface area (TPSA) is 66.3 Å². The molecule has 5 nitrogen and oxygen atoms in total. The van der Waals surface area contributed by atoms with E-state index in [2.05, 4.69) is 59.9 Å². The van der Waals surface area contributed by atoms with E-state index in [-0.39, 0.29) is 5.56 Å². The molecule has 1 N–H and O–H groups in total. The van der Waals surface area contributed by atoms with E-state index in [9.17, 15) is 9.90 Å². The third-order valence-corrected chi connectivity index (χ3v) is 5.19. The molecule has 5 heteroatoms. The third-order valence-electron chi connectivity index (χ3n) is 5.19. The number of aromatic carboxylic acids is 1. The minimum absolute atomic E-state index is 0.208. The molecular weight excluding hydrogens is 326 g/mol. The van der Waals surface area contributed by atoms with E-state index < -0.39 is 5.97 Å². The number of carboxylic acid groups (broad SMARTS) is 1. The van der Waals surface area contributed by atoms with E-state index in [1.54, 1.807) is 0 Å². The highest BCUT2D eigenvalue weighted by Crippen LogP contribution is 2.23. The molecule has 0 aliphatic carbocycles. The van der Waals surface area contributed by atoms with Crippen molar-refractivity contribution in [3.8, 4) is 0 Å². The molecule has 138 valence electrons. The fourth-order valence-corrected chi connectivity index (χ4v) is 3.48. The first-order valence-electron chi connectivity index (χ1n) is 9.40. The first-order valence-corrected chi connectivity index (χ1v) is 9.40.